The van der Waals surface area contributed by atoms with Crippen LogP contribution in [0.15, 0.2) is 48.7 Å². The summed E-state index contributed by atoms with van der Waals surface area (Å²) in [5.41, 5.74) is 1.79. The van der Waals surface area contributed by atoms with Crippen LogP contribution in [-0.2, 0) is 6.42 Å². The molecule has 0 bridgehead atoms. The van der Waals surface area contributed by atoms with E-state index in [1.807, 2.05) is 12.1 Å². The van der Waals surface area contributed by atoms with Crippen LogP contribution < -0.4 is 5.32 Å². The van der Waals surface area contributed by atoms with E-state index in [0.717, 1.165) is 5.56 Å². The van der Waals surface area contributed by atoms with Gasteiger partial charge in [-0.05, 0) is 42.3 Å². The van der Waals surface area contributed by atoms with E-state index >= 15 is 0 Å². The molecule has 1 amide bonds. The van der Waals surface area contributed by atoms with Gasteiger partial charge in [-0.3, -0.25) is 14.2 Å². The molecule has 0 unspecified atom stereocenters. The van der Waals surface area contributed by atoms with Gasteiger partial charge in [0.25, 0.3) is 5.91 Å². The summed E-state index contributed by atoms with van der Waals surface area (Å²) in [6, 6.07) is 11.4. The summed E-state index contributed by atoms with van der Waals surface area (Å²) in [6.07, 6.45) is 2.10. The lowest BCUT2D eigenvalue weighted by Crippen LogP contribution is -2.25. The zero-order valence-electron chi connectivity index (χ0n) is 13.6. The molecule has 0 radical (unpaired) electrons. The zero-order chi connectivity index (χ0) is 18.0. The smallest absolute Gasteiger partial charge is 0.253 e. The van der Waals surface area contributed by atoms with Crippen molar-refractivity contribution in [1.82, 2.24) is 9.88 Å². The van der Waals surface area contributed by atoms with Crippen molar-refractivity contribution in [2.45, 2.75) is 13.3 Å². The molecule has 4 nitrogen and oxygen atoms in total. The molecule has 0 aliphatic rings. The Kier molecular flexibility index (Phi) is 4.86. The molecule has 0 aliphatic carbocycles. The van der Waals surface area contributed by atoms with Gasteiger partial charge >= 0.3 is 0 Å². The Balaban J connectivity index is 1.77. The van der Waals surface area contributed by atoms with Crippen molar-refractivity contribution in [3.05, 3.63) is 70.6 Å². The summed E-state index contributed by atoms with van der Waals surface area (Å²) < 4.78 is 14.8. The first-order valence-electron chi connectivity index (χ1n) is 7.80. The van der Waals surface area contributed by atoms with Crippen molar-refractivity contribution in [3.8, 4) is 0 Å². The number of nitrogens with one attached hydrogen (secondary N) is 1. The van der Waals surface area contributed by atoms with Crippen LogP contribution in [0.25, 0.3) is 10.9 Å². The van der Waals surface area contributed by atoms with Crippen molar-refractivity contribution in [2.75, 3.05) is 6.54 Å². The molecular weight excluding hydrogens is 343 g/mol. The lowest BCUT2D eigenvalue weighted by molar-refractivity contribution is 0.0941. The summed E-state index contributed by atoms with van der Waals surface area (Å²) in [5, 5.41) is 4.04. The molecule has 3 rings (SSSR count). The second kappa shape index (κ2) is 7.07. The Morgan fingerprint density at radius 3 is 2.56 bits per heavy atom. The second-order valence-electron chi connectivity index (χ2n) is 5.73. The van der Waals surface area contributed by atoms with E-state index in [1.165, 1.54) is 35.9 Å². The van der Waals surface area contributed by atoms with Crippen LogP contribution in [0.3, 0.4) is 0 Å². The fraction of sp³-hybridized carbons (Fsp3) is 0.158. The van der Waals surface area contributed by atoms with E-state index in [-0.39, 0.29) is 11.8 Å². The number of carbonyl (C=O) groups excluding carboxylic acids is 2. The Labute approximate surface area is 149 Å². The fourth-order valence-electron chi connectivity index (χ4n) is 2.71. The van der Waals surface area contributed by atoms with Gasteiger partial charge in [-0.1, -0.05) is 23.7 Å². The molecule has 0 aliphatic heterocycles. The highest BCUT2D eigenvalue weighted by atomic mass is 35.5. The normalized spacial score (nSPS) is 10.8. The average molecular weight is 359 g/mol. The van der Waals surface area contributed by atoms with Crippen LogP contribution in [0.4, 0.5) is 4.39 Å². The molecular formula is C19H16ClFN2O2. The number of benzene rings is 2. The van der Waals surface area contributed by atoms with E-state index in [2.05, 4.69) is 5.32 Å². The minimum absolute atomic E-state index is 0.282. The van der Waals surface area contributed by atoms with Gasteiger partial charge in [-0.15, -0.1) is 0 Å². The van der Waals surface area contributed by atoms with Crippen LogP contribution in [-0.4, -0.2) is 22.9 Å². The minimum Gasteiger partial charge on any atom is -0.352 e. The van der Waals surface area contributed by atoms with Gasteiger partial charge in [-0.2, -0.15) is 0 Å². The largest absolute Gasteiger partial charge is 0.352 e. The first kappa shape index (κ1) is 17.2. The molecule has 3 aromatic rings. The highest BCUT2D eigenvalue weighted by Gasteiger charge is 2.17. The van der Waals surface area contributed by atoms with Crippen molar-refractivity contribution >= 4 is 34.3 Å². The third-order valence-electron chi connectivity index (χ3n) is 3.96. The summed E-state index contributed by atoms with van der Waals surface area (Å²) in [4.78, 5) is 24.2. The SMILES string of the molecule is CC(=O)n1cc(C(=O)NCCc2ccc(Cl)cc2)c2ccc(F)cc21. The third-order valence-corrected chi connectivity index (χ3v) is 4.22. The standard InChI is InChI=1S/C19H16ClFN2O2/c1-12(24)23-11-17(16-7-6-15(21)10-18(16)23)19(25)22-9-8-13-2-4-14(20)5-3-13/h2-7,10-11H,8-9H2,1H3,(H,22,25). The van der Waals surface area contributed by atoms with Gasteiger partial charge < -0.3 is 5.32 Å². The maximum Gasteiger partial charge on any atom is 0.253 e. The highest BCUT2D eigenvalue weighted by molar-refractivity contribution is 6.30. The Bertz CT molecular complexity index is 948. The quantitative estimate of drug-likeness (QED) is 0.764. The summed E-state index contributed by atoms with van der Waals surface area (Å²) >= 11 is 5.84. The molecule has 0 spiro atoms. The van der Waals surface area contributed by atoms with E-state index < -0.39 is 5.82 Å². The molecule has 128 valence electrons. The molecule has 1 N–H and O–H groups in total. The Morgan fingerprint density at radius 2 is 1.88 bits per heavy atom. The van der Waals surface area contributed by atoms with E-state index in [0.29, 0.717) is 34.5 Å². The van der Waals surface area contributed by atoms with Gasteiger partial charge in [0.15, 0.2) is 0 Å². The van der Waals surface area contributed by atoms with Crippen molar-refractivity contribution in [2.24, 2.45) is 0 Å². The maximum absolute atomic E-state index is 13.5. The fourth-order valence-corrected chi connectivity index (χ4v) is 2.83. The molecule has 0 atom stereocenters. The molecule has 0 saturated heterocycles. The van der Waals surface area contributed by atoms with Crippen LogP contribution in [0, 0.1) is 5.82 Å². The number of fused-ring (bicyclic) bond motifs is 1. The van der Waals surface area contributed by atoms with Gasteiger partial charge in [0, 0.05) is 30.1 Å². The summed E-state index contributed by atoms with van der Waals surface area (Å²) in [7, 11) is 0. The topological polar surface area (TPSA) is 51.1 Å². The minimum atomic E-state index is -0.456. The maximum atomic E-state index is 13.5. The second-order valence-corrected chi connectivity index (χ2v) is 6.16. The number of rotatable bonds is 4. The predicted molar refractivity (Wildman–Crippen MR) is 95.7 cm³/mol. The summed E-state index contributed by atoms with van der Waals surface area (Å²) in [5.74, 6) is -1.04. The van der Waals surface area contributed by atoms with Crippen LogP contribution in [0.1, 0.15) is 27.6 Å². The van der Waals surface area contributed by atoms with Gasteiger partial charge in [-0.25, -0.2) is 4.39 Å². The number of amides is 1. The number of nitrogens with zero attached hydrogens (tertiary/aromatic N) is 1. The van der Waals surface area contributed by atoms with Gasteiger partial charge in [0.1, 0.15) is 5.82 Å². The predicted octanol–water partition coefficient (Wildman–Crippen LogP) is 4.07. The number of hydrogen-bond acceptors (Lipinski definition) is 2. The molecule has 1 aromatic heterocycles. The number of carbonyl (C=O) groups is 2. The summed E-state index contributed by atoms with van der Waals surface area (Å²) in [6.45, 7) is 1.81. The zero-order valence-corrected chi connectivity index (χ0v) is 14.3. The third kappa shape index (κ3) is 3.72. The molecule has 2 aromatic carbocycles. The molecule has 0 saturated carbocycles. The van der Waals surface area contributed by atoms with Gasteiger partial charge in [0.05, 0.1) is 11.1 Å². The molecule has 0 fully saturated rings. The van der Waals surface area contributed by atoms with Crippen molar-refractivity contribution in [1.29, 1.82) is 0 Å². The highest BCUT2D eigenvalue weighted by Crippen LogP contribution is 2.22. The molecule has 25 heavy (non-hydrogen) atoms. The average Bonchev–Trinajstić information content (AvgIpc) is 2.95. The van der Waals surface area contributed by atoms with E-state index in [4.69, 9.17) is 11.6 Å². The first-order valence-corrected chi connectivity index (χ1v) is 8.17. The molecule has 6 heteroatoms. The van der Waals surface area contributed by atoms with Crippen LogP contribution >= 0.6 is 11.6 Å². The molecule has 1 heterocycles. The van der Waals surface area contributed by atoms with Crippen molar-refractivity contribution in [3.63, 3.8) is 0 Å². The Morgan fingerprint density at radius 1 is 1.16 bits per heavy atom. The van der Waals surface area contributed by atoms with E-state index in [1.54, 1.807) is 12.1 Å². The first-order chi connectivity index (χ1) is 12.0. The van der Waals surface area contributed by atoms with E-state index in [9.17, 15) is 14.0 Å². The Hall–Kier alpha value is -2.66. The number of hydrogen-bond donors (Lipinski definition) is 1. The number of halogens is 2. The van der Waals surface area contributed by atoms with Crippen molar-refractivity contribution < 1.29 is 14.0 Å². The van der Waals surface area contributed by atoms with Gasteiger partial charge in [0.2, 0.25) is 5.91 Å². The lowest BCUT2D eigenvalue weighted by atomic mass is 10.1. The lowest BCUT2D eigenvalue weighted by Gasteiger charge is -2.05. The van der Waals surface area contributed by atoms with Crippen LogP contribution in [0.2, 0.25) is 5.02 Å². The van der Waals surface area contributed by atoms with Crippen LogP contribution in [0.5, 0.6) is 0 Å². The monoisotopic (exact) mass is 358 g/mol. The number of aromatic nitrogens is 1.